The molecule has 4 radical (unpaired) electrons. The van der Waals surface area contributed by atoms with Crippen LogP contribution in [0.1, 0.15) is 30.9 Å². The third kappa shape index (κ3) is 4.18. The number of aromatic nitrogens is 2. The van der Waals surface area contributed by atoms with Crippen molar-refractivity contribution in [3.05, 3.63) is 47.3 Å². The molecule has 0 spiro atoms. The molecule has 0 saturated carbocycles. The van der Waals surface area contributed by atoms with Crippen molar-refractivity contribution >= 4 is 43.3 Å². The van der Waals surface area contributed by atoms with Crippen molar-refractivity contribution in [2.24, 2.45) is 17.5 Å². The molecule has 158 valence electrons. The van der Waals surface area contributed by atoms with E-state index in [0.29, 0.717) is 17.2 Å². The molecule has 2 aromatic heterocycles. The van der Waals surface area contributed by atoms with E-state index < -0.39 is 5.40 Å². The third-order valence-corrected chi connectivity index (χ3v) is 5.95. The van der Waals surface area contributed by atoms with Crippen LogP contribution in [0.2, 0.25) is 0 Å². The van der Waals surface area contributed by atoms with Gasteiger partial charge in [-0.3, -0.25) is 4.98 Å². The van der Waals surface area contributed by atoms with Crippen LogP contribution in [0.25, 0.3) is 27.6 Å². The van der Waals surface area contributed by atoms with Crippen molar-refractivity contribution < 1.29 is 9.84 Å². The summed E-state index contributed by atoms with van der Waals surface area (Å²) >= 11 is 0. The number of allylic oxidation sites excluding steroid dienone is 1. The molecule has 1 saturated heterocycles. The average Bonchev–Trinajstić information content (AvgIpc) is 3.00. The van der Waals surface area contributed by atoms with E-state index in [9.17, 15) is 5.11 Å². The number of benzene rings is 1. The first kappa shape index (κ1) is 21.7. The lowest BCUT2D eigenvalue weighted by molar-refractivity contribution is 0.0619. The SMILES string of the molecule is [B]C([B])(O)c1ccc2c3ncc(/C(=C(\C)N)N(C)N)cc3n(CC3CCOCC3)c2c1. The summed E-state index contributed by atoms with van der Waals surface area (Å²) in [6.07, 6.45) is 3.76. The molecule has 7 nitrogen and oxygen atoms in total. The smallest absolute Gasteiger partial charge is 0.105 e. The fourth-order valence-electron chi connectivity index (χ4n) is 4.42. The zero-order chi connectivity index (χ0) is 22.3. The van der Waals surface area contributed by atoms with Gasteiger partial charge in [0.2, 0.25) is 0 Å². The predicted molar refractivity (Wildman–Crippen MR) is 125 cm³/mol. The van der Waals surface area contributed by atoms with E-state index >= 15 is 0 Å². The number of rotatable bonds is 5. The maximum absolute atomic E-state index is 10.1. The number of hydrogen-bond acceptors (Lipinski definition) is 6. The van der Waals surface area contributed by atoms with E-state index in [4.69, 9.17) is 37.0 Å². The highest BCUT2D eigenvalue weighted by Gasteiger charge is 2.22. The zero-order valence-electron chi connectivity index (χ0n) is 18.0. The lowest BCUT2D eigenvalue weighted by Gasteiger charge is -2.24. The van der Waals surface area contributed by atoms with Crippen LogP contribution in [-0.4, -0.2) is 55.6 Å². The molecule has 0 bridgehead atoms. The lowest BCUT2D eigenvalue weighted by atomic mass is 9.61. The monoisotopic (exact) mass is 415 g/mol. The molecule has 1 aliphatic rings. The van der Waals surface area contributed by atoms with Crippen LogP contribution >= 0.6 is 0 Å². The molecule has 0 aliphatic carbocycles. The first-order chi connectivity index (χ1) is 14.7. The van der Waals surface area contributed by atoms with Crippen LogP contribution < -0.4 is 11.6 Å². The Bertz CT molecular complexity index is 1140. The Kier molecular flexibility index (Phi) is 5.77. The van der Waals surface area contributed by atoms with E-state index in [1.165, 1.54) is 5.01 Å². The highest BCUT2D eigenvalue weighted by Crippen LogP contribution is 2.33. The van der Waals surface area contributed by atoms with Crippen LogP contribution in [0.15, 0.2) is 36.2 Å². The number of fused-ring (bicyclic) bond motifs is 3. The molecule has 31 heavy (non-hydrogen) atoms. The Morgan fingerprint density at radius 3 is 2.61 bits per heavy atom. The van der Waals surface area contributed by atoms with Gasteiger partial charge in [-0.1, -0.05) is 12.1 Å². The number of aliphatic hydroxyl groups is 1. The maximum atomic E-state index is 10.1. The summed E-state index contributed by atoms with van der Waals surface area (Å²) < 4.78 is 7.76. The van der Waals surface area contributed by atoms with E-state index in [2.05, 4.69) is 10.6 Å². The minimum Gasteiger partial charge on any atom is -0.405 e. The summed E-state index contributed by atoms with van der Waals surface area (Å²) in [4.78, 5) is 4.76. The van der Waals surface area contributed by atoms with Crippen molar-refractivity contribution in [2.75, 3.05) is 20.3 Å². The maximum Gasteiger partial charge on any atom is 0.105 e. The Morgan fingerprint density at radius 1 is 1.29 bits per heavy atom. The minimum absolute atomic E-state index is 0.441. The molecule has 0 atom stereocenters. The van der Waals surface area contributed by atoms with Gasteiger partial charge in [0.15, 0.2) is 0 Å². The quantitative estimate of drug-likeness (QED) is 0.332. The zero-order valence-corrected chi connectivity index (χ0v) is 18.0. The second-order valence-electron chi connectivity index (χ2n) is 8.46. The fraction of sp³-hybridized carbons (Fsp3) is 0.409. The van der Waals surface area contributed by atoms with Gasteiger partial charge < -0.3 is 25.2 Å². The molecule has 3 aromatic rings. The van der Waals surface area contributed by atoms with Gasteiger partial charge in [-0.2, -0.15) is 0 Å². The Balaban J connectivity index is 1.95. The highest BCUT2D eigenvalue weighted by molar-refractivity contribution is 6.38. The Morgan fingerprint density at radius 2 is 2.00 bits per heavy atom. The molecule has 5 N–H and O–H groups in total. The molecule has 4 rings (SSSR count). The van der Waals surface area contributed by atoms with Gasteiger partial charge in [-0.05, 0) is 43.4 Å². The first-order valence-electron chi connectivity index (χ1n) is 10.4. The van der Waals surface area contributed by atoms with Crippen LogP contribution in [0.5, 0.6) is 0 Å². The van der Waals surface area contributed by atoms with Crippen molar-refractivity contribution in [1.82, 2.24) is 14.6 Å². The second kappa shape index (κ2) is 8.22. The Labute approximate surface area is 184 Å². The normalized spacial score (nSPS) is 16.6. The summed E-state index contributed by atoms with van der Waals surface area (Å²) in [5.74, 6) is 6.51. The van der Waals surface area contributed by atoms with Crippen molar-refractivity contribution in [2.45, 2.75) is 31.7 Å². The van der Waals surface area contributed by atoms with E-state index in [1.807, 2.05) is 19.1 Å². The fourth-order valence-corrected chi connectivity index (χ4v) is 4.42. The molecular weight excluding hydrogens is 388 g/mol. The summed E-state index contributed by atoms with van der Waals surface area (Å²) in [5.41, 5.74) is 11.5. The number of hydrazine groups is 1. The highest BCUT2D eigenvalue weighted by atomic mass is 16.5. The summed E-state index contributed by atoms with van der Waals surface area (Å²) in [6, 6.07) is 7.55. The lowest BCUT2D eigenvalue weighted by Crippen LogP contribution is -2.26. The van der Waals surface area contributed by atoms with Crippen molar-refractivity contribution in [1.29, 1.82) is 0 Å². The number of nitrogens with zero attached hydrogens (tertiary/aromatic N) is 3. The number of nitrogens with two attached hydrogens (primary N) is 2. The second-order valence-corrected chi connectivity index (χ2v) is 8.46. The predicted octanol–water partition coefficient (Wildman–Crippen LogP) is 1.51. The summed E-state index contributed by atoms with van der Waals surface area (Å²) in [5, 5.41) is 10.7. The molecule has 0 unspecified atom stereocenters. The van der Waals surface area contributed by atoms with E-state index in [-0.39, 0.29) is 0 Å². The molecule has 1 fully saturated rings. The summed E-state index contributed by atoms with van der Waals surface area (Å²) in [6.45, 7) is 4.14. The standard InChI is InChI=1S/C22H27B2N5O2/c1-13(25)21(28(2)26)15-9-19-20(27-11-15)17-4-3-16(22(23,24)30)10-18(17)29(19)12-14-5-7-31-8-6-14/h3-4,9-11,14,30H,5-8,12,25-26H2,1-2H3/b21-13-. The Hall–Kier alpha value is -2.48. The minimum atomic E-state index is -1.92. The number of pyridine rings is 1. The van der Waals surface area contributed by atoms with Crippen LogP contribution in [0.4, 0.5) is 0 Å². The van der Waals surface area contributed by atoms with Crippen LogP contribution in [0.3, 0.4) is 0 Å². The van der Waals surface area contributed by atoms with Gasteiger partial charge in [0.25, 0.3) is 0 Å². The number of hydrogen-bond donors (Lipinski definition) is 3. The molecule has 1 aliphatic heterocycles. The van der Waals surface area contributed by atoms with E-state index in [0.717, 1.165) is 65.8 Å². The van der Waals surface area contributed by atoms with Gasteiger partial charge >= 0.3 is 0 Å². The van der Waals surface area contributed by atoms with Gasteiger partial charge in [-0.25, -0.2) is 5.84 Å². The molecular formula is C22H27B2N5O2. The van der Waals surface area contributed by atoms with Crippen molar-refractivity contribution in [3.63, 3.8) is 0 Å². The van der Waals surface area contributed by atoms with Crippen LogP contribution in [-0.2, 0) is 16.7 Å². The number of ether oxygens (including phenoxy) is 1. The van der Waals surface area contributed by atoms with Crippen LogP contribution in [0, 0.1) is 5.92 Å². The molecule has 3 heterocycles. The third-order valence-electron chi connectivity index (χ3n) is 5.95. The topological polar surface area (TPSA) is 103 Å². The van der Waals surface area contributed by atoms with Gasteiger partial charge in [-0.15, -0.1) is 0 Å². The van der Waals surface area contributed by atoms with Crippen molar-refractivity contribution in [3.8, 4) is 0 Å². The van der Waals surface area contributed by atoms with Gasteiger partial charge in [0, 0.05) is 55.0 Å². The summed E-state index contributed by atoms with van der Waals surface area (Å²) in [7, 11) is 13.3. The molecule has 9 heteroatoms. The van der Waals surface area contributed by atoms with Gasteiger partial charge in [0.05, 0.1) is 22.2 Å². The van der Waals surface area contributed by atoms with Gasteiger partial charge in [0.1, 0.15) is 15.7 Å². The molecule has 1 aromatic carbocycles. The molecule has 0 amide bonds. The first-order valence-corrected chi connectivity index (χ1v) is 10.4. The average molecular weight is 415 g/mol. The largest absolute Gasteiger partial charge is 0.405 e. The van der Waals surface area contributed by atoms with E-state index in [1.54, 1.807) is 19.3 Å².